The van der Waals surface area contributed by atoms with Gasteiger partial charge in [0.2, 0.25) is 5.91 Å². The van der Waals surface area contributed by atoms with Crippen LogP contribution in [0.15, 0.2) is 76.5 Å². The maximum atomic E-state index is 13.3. The largest absolute Gasteiger partial charge is 0.468 e. The number of benzene rings is 1. The van der Waals surface area contributed by atoms with Crippen molar-refractivity contribution in [1.29, 1.82) is 0 Å². The van der Waals surface area contributed by atoms with Gasteiger partial charge in [0.05, 0.1) is 24.8 Å². The van der Waals surface area contributed by atoms with Crippen LogP contribution in [0.4, 0.5) is 5.82 Å². The van der Waals surface area contributed by atoms with E-state index in [1.54, 1.807) is 55.1 Å². The number of pyridine rings is 1. The standard InChI is InChI=1S/C23H22N4O3/c1-26(2)19(20-10-7-13-30-20)15-24-14-18-16-8-3-4-9-17(16)22(28)27(23(18)29)21-11-5-6-12-25-21/h3-14,18-19H,15H2,1-2H3/t18?,19-/m1/s1. The Labute approximate surface area is 174 Å². The molecule has 3 aromatic rings. The Morgan fingerprint density at radius 2 is 1.93 bits per heavy atom. The first-order valence-corrected chi connectivity index (χ1v) is 9.66. The number of amides is 2. The SMILES string of the molecule is CN(C)[C@H](CN=CC1C(=O)N(c2ccccn2)C(=O)c2ccccc21)c1ccco1. The van der Waals surface area contributed by atoms with E-state index in [1.807, 2.05) is 37.2 Å². The lowest BCUT2D eigenvalue weighted by Gasteiger charge is -2.30. The van der Waals surface area contributed by atoms with Gasteiger partial charge in [-0.15, -0.1) is 0 Å². The van der Waals surface area contributed by atoms with Crippen molar-refractivity contribution < 1.29 is 14.0 Å². The minimum atomic E-state index is -0.666. The van der Waals surface area contributed by atoms with Crippen LogP contribution in [0, 0.1) is 0 Å². The minimum Gasteiger partial charge on any atom is -0.468 e. The molecule has 0 radical (unpaired) electrons. The highest BCUT2D eigenvalue weighted by Gasteiger charge is 2.39. The van der Waals surface area contributed by atoms with Gasteiger partial charge in [0, 0.05) is 18.0 Å². The molecule has 4 rings (SSSR count). The van der Waals surface area contributed by atoms with Crippen LogP contribution in [0.1, 0.15) is 33.6 Å². The molecule has 1 aliphatic rings. The summed E-state index contributed by atoms with van der Waals surface area (Å²) in [5, 5.41) is 0. The monoisotopic (exact) mass is 402 g/mol. The highest BCUT2D eigenvalue weighted by atomic mass is 16.3. The summed E-state index contributed by atoms with van der Waals surface area (Å²) in [7, 11) is 3.90. The molecule has 152 valence electrons. The number of nitrogens with zero attached hydrogens (tertiary/aromatic N) is 4. The number of imide groups is 1. The zero-order chi connectivity index (χ0) is 21.1. The lowest BCUT2D eigenvalue weighted by molar-refractivity contribution is -0.118. The van der Waals surface area contributed by atoms with E-state index in [1.165, 1.54) is 0 Å². The van der Waals surface area contributed by atoms with Crippen molar-refractivity contribution in [3.63, 3.8) is 0 Å². The molecule has 1 unspecified atom stereocenters. The second-order valence-electron chi connectivity index (χ2n) is 7.24. The lowest BCUT2D eigenvalue weighted by Crippen LogP contribution is -2.46. The molecule has 3 heterocycles. The number of carbonyl (C=O) groups is 2. The molecule has 7 nitrogen and oxygen atoms in total. The van der Waals surface area contributed by atoms with Crippen LogP contribution in [-0.4, -0.2) is 48.6 Å². The van der Waals surface area contributed by atoms with Gasteiger partial charge in [0.25, 0.3) is 5.91 Å². The smallest absolute Gasteiger partial charge is 0.266 e. The van der Waals surface area contributed by atoms with Crippen LogP contribution in [0.5, 0.6) is 0 Å². The van der Waals surface area contributed by atoms with Crippen LogP contribution in [0.2, 0.25) is 0 Å². The molecule has 0 saturated carbocycles. The lowest BCUT2D eigenvalue weighted by atomic mass is 9.89. The second kappa shape index (κ2) is 8.42. The molecular weight excluding hydrogens is 380 g/mol. The van der Waals surface area contributed by atoms with Gasteiger partial charge in [-0.25, -0.2) is 9.88 Å². The number of likely N-dealkylation sites (N-methyl/N-ethyl adjacent to an activating group) is 1. The summed E-state index contributed by atoms with van der Waals surface area (Å²) in [5.74, 6) is -0.290. The van der Waals surface area contributed by atoms with Gasteiger partial charge >= 0.3 is 0 Å². The summed E-state index contributed by atoms with van der Waals surface area (Å²) in [6, 6.07) is 16.0. The number of rotatable bonds is 6. The molecule has 1 aromatic carbocycles. The molecule has 1 aliphatic heterocycles. The number of aromatic nitrogens is 1. The molecule has 0 N–H and O–H groups in total. The van der Waals surface area contributed by atoms with Crippen LogP contribution in [0.3, 0.4) is 0 Å². The summed E-state index contributed by atoms with van der Waals surface area (Å²) < 4.78 is 5.52. The number of hydrogen-bond donors (Lipinski definition) is 0. The van der Waals surface area contributed by atoms with Crippen molar-refractivity contribution in [3.05, 3.63) is 83.9 Å². The Morgan fingerprint density at radius 1 is 1.13 bits per heavy atom. The Morgan fingerprint density at radius 3 is 2.63 bits per heavy atom. The van der Waals surface area contributed by atoms with Gasteiger partial charge in [0.15, 0.2) is 0 Å². The molecule has 2 atom stereocenters. The number of anilines is 1. The fraction of sp³-hybridized carbons (Fsp3) is 0.217. The predicted molar refractivity (Wildman–Crippen MR) is 114 cm³/mol. The van der Waals surface area contributed by atoms with E-state index in [0.29, 0.717) is 23.5 Å². The minimum absolute atomic E-state index is 0.0567. The zero-order valence-electron chi connectivity index (χ0n) is 16.8. The summed E-state index contributed by atoms with van der Waals surface area (Å²) in [6.07, 6.45) is 4.82. The van der Waals surface area contributed by atoms with Crippen LogP contribution in [0.25, 0.3) is 0 Å². The third-order valence-electron chi connectivity index (χ3n) is 5.12. The normalized spacial score (nSPS) is 17.6. The first-order valence-electron chi connectivity index (χ1n) is 9.66. The maximum Gasteiger partial charge on any atom is 0.266 e. The van der Waals surface area contributed by atoms with E-state index in [0.717, 1.165) is 10.7 Å². The van der Waals surface area contributed by atoms with Crippen molar-refractivity contribution >= 4 is 23.8 Å². The summed E-state index contributed by atoms with van der Waals surface area (Å²) >= 11 is 0. The maximum absolute atomic E-state index is 13.3. The fourth-order valence-electron chi connectivity index (χ4n) is 3.56. The molecule has 2 amide bonds. The highest BCUT2D eigenvalue weighted by Crippen LogP contribution is 2.31. The first kappa shape index (κ1) is 19.7. The number of carbonyl (C=O) groups excluding carboxylic acids is 2. The van der Waals surface area contributed by atoms with E-state index in [-0.39, 0.29) is 17.9 Å². The third kappa shape index (κ3) is 3.67. The zero-order valence-corrected chi connectivity index (χ0v) is 16.8. The fourth-order valence-corrected chi connectivity index (χ4v) is 3.56. The molecule has 0 spiro atoms. The quantitative estimate of drug-likeness (QED) is 0.467. The van der Waals surface area contributed by atoms with E-state index in [4.69, 9.17) is 4.42 Å². The van der Waals surface area contributed by atoms with E-state index >= 15 is 0 Å². The molecule has 0 saturated heterocycles. The molecule has 30 heavy (non-hydrogen) atoms. The van der Waals surface area contributed by atoms with Crippen molar-refractivity contribution in [2.75, 3.05) is 25.5 Å². The van der Waals surface area contributed by atoms with Crippen LogP contribution >= 0.6 is 0 Å². The Bertz CT molecular complexity index is 1060. The van der Waals surface area contributed by atoms with E-state index in [9.17, 15) is 9.59 Å². The molecule has 0 fully saturated rings. The second-order valence-corrected chi connectivity index (χ2v) is 7.24. The average molecular weight is 402 g/mol. The average Bonchev–Trinajstić information content (AvgIpc) is 3.28. The van der Waals surface area contributed by atoms with Crippen molar-refractivity contribution in [1.82, 2.24) is 9.88 Å². The van der Waals surface area contributed by atoms with Crippen molar-refractivity contribution in [2.24, 2.45) is 4.99 Å². The van der Waals surface area contributed by atoms with Crippen molar-refractivity contribution in [2.45, 2.75) is 12.0 Å². The molecular formula is C23H22N4O3. The van der Waals surface area contributed by atoms with Gasteiger partial charge in [-0.2, -0.15) is 0 Å². The van der Waals surface area contributed by atoms with Crippen LogP contribution in [-0.2, 0) is 4.79 Å². The van der Waals surface area contributed by atoms with E-state index < -0.39 is 5.92 Å². The number of hydrogen-bond acceptors (Lipinski definition) is 6. The molecule has 2 aromatic heterocycles. The Balaban J connectivity index is 1.66. The number of fused-ring (bicyclic) bond motifs is 1. The Kier molecular flexibility index (Phi) is 5.54. The first-order chi connectivity index (χ1) is 14.6. The summed E-state index contributed by atoms with van der Waals surface area (Å²) in [6.45, 7) is 0.421. The number of aliphatic imine (C=N–C) groups is 1. The molecule has 0 aliphatic carbocycles. The van der Waals surface area contributed by atoms with Crippen LogP contribution < -0.4 is 4.90 Å². The molecule has 7 heteroatoms. The van der Waals surface area contributed by atoms with Gasteiger partial charge in [-0.3, -0.25) is 19.5 Å². The van der Waals surface area contributed by atoms with Crippen molar-refractivity contribution in [3.8, 4) is 0 Å². The predicted octanol–water partition coefficient (Wildman–Crippen LogP) is 3.32. The van der Waals surface area contributed by atoms with Gasteiger partial charge in [-0.05, 0) is 50.0 Å². The highest BCUT2D eigenvalue weighted by molar-refractivity contribution is 6.28. The van der Waals surface area contributed by atoms with E-state index in [2.05, 4.69) is 9.98 Å². The van der Waals surface area contributed by atoms with Gasteiger partial charge in [0.1, 0.15) is 11.6 Å². The summed E-state index contributed by atoms with van der Waals surface area (Å²) in [5.41, 5.74) is 1.14. The summed E-state index contributed by atoms with van der Waals surface area (Å²) in [4.78, 5) is 38.2. The third-order valence-corrected chi connectivity index (χ3v) is 5.12. The van der Waals surface area contributed by atoms with Gasteiger partial charge in [-0.1, -0.05) is 24.3 Å². The number of furan rings is 1. The molecule has 0 bridgehead atoms. The Hall–Kier alpha value is -3.58. The topological polar surface area (TPSA) is 79.0 Å². The van der Waals surface area contributed by atoms with Gasteiger partial charge < -0.3 is 4.42 Å².